The topological polar surface area (TPSA) is 26.0 Å². The summed E-state index contributed by atoms with van der Waals surface area (Å²) in [4.78, 5) is 0. The van der Waals surface area contributed by atoms with Crippen molar-refractivity contribution in [1.82, 2.24) is 0 Å². The van der Waals surface area contributed by atoms with Crippen LogP contribution >= 0.6 is 0 Å². The Kier molecular flexibility index (Phi) is 2.61. The van der Waals surface area contributed by atoms with E-state index in [1.165, 1.54) is 6.07 Å². The molecule has 2 N–H and O–H groups in total. The molecule has 0 fully saturated rings. The van der Waals surface area contributed by atoms with Gasteiger partial charge in [-0.15, -0.1) is 0 Å². The van der Waals surface area contributed by atoms with Crippen molar-refractivity contribution in [3.63, 3.8) is 0 Å². The van der Waals surface area contributed by atoms with Crippen LogP contribution in [0.1, 0.15) is 16.7 Å². The van der Waals surface area contributed by atoms with Crippen LogP contribution in [0.2, 0.25) is 0 Å². The first-order valence-electron chi connectivity index (χ1n) is 3.82. The van der Waals surface area contributed by atoms with Crippen LogP contribution < -0.4 is 5.73 Å². The van der Waals surface area contributed by atoms with Crippen LogP contribution in [0, 0.1) is 6.92 Å². The zero-order chi connectivity index (χ0) is 10.1. The zero-order valence-corrected chi connectivity index (χ0v) is 7.15. The molecule has 0 saturated carbocycles. The average Bonchev–Trinajstić information content (AvgIpc) is 2.02. The van der Waals surface area contributed by atoms with Crippen LogP contribution in [0.5, 0.6) is 0 Å². The maximum Gasteiger partial charge on any atom is 0.416 e. The predicted molar refractivity (Wildman–Crippen MR) is 44.1 cm³/mol. The highest BCUT2D eigenvalue weighted by Crippen LogP contribution is 2.30. The fraction of sp³-hybridized carbons (Fsp3) is 0.333. The molecule has 13 heavy (non-hydrogen) atoms. The molecule has 0 saturated heterocycles. The highest BCUT2D eigenvalue weighted by Gasteiger charge is 2.30. The van der Waals surface area contributed by atoms with Gasteiger partial charge in [0.15, 0.2) is 0 Å². The fourth-order valence-corrected chi connectivity index (χ4v) is 1.10. The summed E-state index contributed by atoms with van der Waals surface area (Å²) in [6.45, 7) is 1.89. The van der Waals surface area contributed by atoms with Gasteiger partial charge in [-0.25, -0.2) is 0 Å². The maximum atomic E-state index is 12.2. The van der Waals surface area contributed by atoms with Crippen LogP contribution in [0.3, 0.4) is 0 Å². The van der Waals surface area contributed by atoms with E-state index in [9.17, 15) is 13.2 Å². The van der Waals surface area contributed by atoms with Crippen molar-refractivity contribution in [3.05, 3.63) is 34.9 Å². The van der Waals surface area contributed by atoms with Crippen molar-refractivity contribution < 1.29 is 13.2 Å². The molecule has 72 valence electrons. The third-order valence-corrected chi connectivity index (χ3v) is 1.89. The molecule has 0 spiro atoms. The Morgan fingerprint density at radius 1 is 1.31 bits per heavy atom. The SMILES string of the molecule is Cc1cc(C(F)(F)F)ccc1CN. The van der Waals surface area contributed by atoms with Crippen LogP contribution in [0.25, 0.3) is 0 Å². The van der Waals surface area contributed by atoms with Gasteiger partial charge in [-0.3, -0.25) is 0 Å². The Hall–Kier alpha value is -1.03. The largest absolute Gasteiger partial charge is 0.416 e. The standard InChI is InChI=1S/C9H10F3N/c1-6-4-8(9(10,11)12)3-2-7(6)5-13/h2-4H,5,13H2,1H3. The maximum absolute atomic E-state index is 12.2. The molecule has 0 atom stereocenters. The Morgan fingerprint density at radius 3 is 2.31 bits per heavy atom. The first-order valence-corrected chi connectivity index (χ1v) is 3.82. The summed E-state index contributed by atoms with van der Waals surface area (Å²) >= 11 is 0. The van der Waals surface area contributed by atoms with E-state index in [0.717, 1.165) is 17.7 Å². The minimum absolute atomic E-state index is 0.268. The number of hydrogen-bond donors (Lipinski definition) is 1. The highest BCUT2D eigenvalue weighted by molar-refractivity contribution is 5.32. The van der Waals surface area contributed by atoms with Gasteiger partial charge in [-0.1, -0.05) is 6.07 Å². The van der Waals surface area contributed by atoms with Crippen molar-refractivity contribution in [2.45, 2.75) is 19.6 Å². The quantitative estimate of drug-likeness (QED) is 0.721. The minimum atomic E-state index is -4.27. The second-order valence-electron chi connectivity index (χ2n) is 2.84. The van der Waals surface area contributed by atoms with Crippen LogP contribution in [-0.2, 0) is 12.7 Å². The van der Waals surface area contributed by atoms with Crippen molar-refractivity contribution in [3.8, 4) is 0 Å². The van der Waals surface area contributed by atoms with E-state index in [4.69, 9.17) is 5.73 Å². The molecule has 4 heteroatoms. The lowest BCUT2D eigenvalue weighted by molar-refractivity contribution is -0.137. The normalized spacial score (nSPS) is 11.8. The van der Waals surface area contributed by atoms with E-state index < -0.39 is 11.7 Å². The molecule has 1 aromatic carbocycles. The molecular formula is C9H10F3N. The number of hydrogen-bond acceptors (Lipinski definition) is 1. The van der Waals surface area contributed by atoms with Crippen molar-refractivity contribution in [2.24, 2.45) is 5.73 Å². The molecule has 0 heterocycles. The predicted octanol–water partition coefficient (Wildman–Crippen LogP) is 2.47. The molecule has 1 nitrogen and oxygen atoms in total. The van der Waals surface area contributed by atoms with Crippen LogP contribution in [-0.4, -0.2) is 0 Å². The number of halogens is 3. The van der Waals surface area contributed by atoms with Gasteiger partial charge in [0.1, 0.15) is 0 Å². The Bertz CT molecular complexity index is 304. The number of benzene rings is 1. The van der Waals surface area contributed by atoms with Gasteiger partial charge in [-0.05, 0) is 30.2 Å². The van der Waals surface area contributed by atoms with E-state index in [1.807, 2.05) is 0 Å². The van der Waals surface area contributed by atoms with E-state index >= 15 is 0 Å². The average molecular weight is 189 g/mol. The smallest absolute Gasteiger partial charge is 0.326 e. The summed E-state index contributed by atoms with van der Waals surface area (Å²) in [5.41, 5.74) is 6.03. The van der Waals surface area contributed by atoms with Gasteiger partial charge >= 0.3 is 6.18 Å². The summed E-state index contributed by atoms with van der Waals surface area (Å²) in [7, 11) is 0. The number of nitrogens with two attached hydrogens (primary N) is 1. The lowest BCUT2D eigenvalue weighted by Gasteiger charge is -2.09. The third kappa shape index (κ3) is 2.21. The van der Waals surface area contributed by atoms with Crippen molar-refractivity contribution >= 4 is 0 Å². The molecule has 1 rings (SSSR count). The molecule has 0 aliphatic rings. The molecule has 0 bridgehead atoms. The number of aryl methyl sites for hydroxylation is 1. The number of alkyl halides is 3. The molecule has 0 aromatic heterocycles. The third-order valence-electron chi connectivity index (χ3n) is 1.89. The van der Waals surface area contributed by atoms with Gasteiger partial charge in [0, 0.05) is 6.54 Å². The zero-order valence-electron chi connectivity index (χ0n) is 7.15. The Labute approximate surface area is 74.4 Å². The molecule has 1 aromatic rings. The summed E-state index contributed by atoms with van der Waals surface area (Å²) in [6.07, 6.45) is -4.27. The first-order chi connectivity index (χ1) is 5.95. The molecule has 0 aliphatic carbocycles. The van der Waals surface area contributed by atoms with E-state index in [1.54, 1.807) is 6.92 Å². The Balaban J connectivity index is 3.10. The van der Waals surface area contributed by atoms with Gasteiger partial charge in [-0.2, -0.15) is 13.2 Å². The second-order valence-corrected chi connectivity index (χ2v) is 2.84. The molecular weight excluding hydrogens is 179 g/mol. The Morgan fingerprint density at radius 2 is 1.92 bits per heavy atom. The van der Waals surface area contributed by atoms with E-state index in [0.29, 0.717) is 5.56 Å². The van der Waals surface area contributed by atoms with E-state index in [2.05, 4.69) is 0 Å². The first kappa shape index (κ1) is 10.1. The van der Waals surface area contributed by atoms with Gasteiger partial charge in [0.2, 0.25) is 0 Å². The lowest BCUT2D eigenvalue weighted by atomic mass is 10.1. The second kappa shape index (κ2) is 3.38. The number of rotatable bonds is 1. The lowest BCUT2D eigenvalue weighted by Crippen LogP contribution is -2.07. The van der Waals surface area contributed by atoms with Crippen LogP contribution in [0.4, 0.5) is 13.2 Å². The molecule has 0 amide bonds. The van der Waals surface area contributed by atoms with Crippen molar-refractivity contribution in [1.29, 1.82) is 0 Å². The van der Waals surface area contributed by atoms with Gasteiger partial charge in [0.25, 0.3) is 0 Å². The molecule has 0 unspecified atom stereocenters. The minimum Gasteiger partial charge on any atom is -0.326 e. The summed E-state index contributed by atoms with van der Waals surface area (Å²) in [5, 5.41) is 0. The summed E-state index contributed by atoms with van der Waals surface area (Å²) in [5.74, 6) is 0. The van der Waals surface area contributed by atoms with Gasteiger partial charge < -0.3 is 5.73 Å². The fourth-order valence-electron chi connectivity index (χ4n) is 1.10. The molecule has 0 aliphatic heterocycles. The monoisotopic (exact) mass is 189 g/mol. The van der Waals surface area contributed by atoms with Crippen LogP contribution in [0.15, 0.2) is 18.2 Å². The van der Waals surface area contributed by atoms with Gasteiger partial charge in [0.05, 0.1) is 5.56 Å². The summed E-state index contributed by atoms with van der Waals surface area (Å²) < 4.78 is 36.5. The van der Waals surface area contributed by atoms with Crippen molar-refractivity contribution in [2.75, 3.05) is 0 Å². The highest BCUT2D eigenvalue weighted by atomic mass is 19.4. The van der Waals surface area contributed by atoms with E-state index in [-0.39, 0.29) is 6.54 Å². The molecule has 0 radical (unpaired) electrons. The summed E-state index contributed by atoms with van der Waals surface area (Å²) in [6, 6.07) is 3.58.